The van der Waals surface area contributed by atoms with Crippen LogP contribution >= 0.6 is 0 Å². The number of hydrogen-bond acceptors (Lipinski definition) is 5. The zero-order valence-electron chi connectivity index (χ0n) is 15.1. The number of rotatable bonds is 6. The fourth-order valence-corrected chi connectivity index (χ4v) is 3.84. The molecule has 6 nitrogen and oxygen atoms in total. The first-order valence-corrected chi connectivity index (χ1v) is 9.15. The summed E-state index contributed by atoms with van der Waals surface area (Å²) < 4.78 is 7.29. The van der Waals surface area contributed by atoms with Crippen molar-refractivity contribution in [3.05, 3.63) is 53.9 Å². The topological polar surface area (TPSA) is 69.2 Å². The van der Waals surface area contributed by atoms with Crippen LogP contribution in [-0.2, 0) is 13.1 Å². The number of fused-ring (bicyclic) bond motifs is 1. The Morgan fingerprint density at radius 2 is 2.19 bits per heavy atom. The van der Waals surface area contributed by atoms with E-state index in [0.717, 1.165) is 48.5 Å². The number of nitrogens with zero attached hydrogens (tertiary/aromatic N) is 4. The second-order valence-electron chi connectivity index (χ2n) is 6.84. The highest BCUT2D eigenvalue weighted by Crippen LogP contribution is 2.32. The molecule has 0 bridgehead atoms. The first-order chi connectivity index (χ1) is 12.8. The van der Waals surface area contributed by atoms with E-state index in [1.165, 1.54) is 5.56 Å². The fourth-order valence-electron chi connectivity index (χ4n) is 3.84. The maximum absolute atomic E-state index is 5.74. The van der Waals surface area contributed by atoms with Crippen LogP contribution in [0.2, 0.25) is 0 Å². The minimum Gasteiger partial charge on any atom is -0.497 e. The van der Waals surface area contributed by atoms with E-state index in [0.29, 0.717) is 19.0 Å². The zero-order valence-corrected chi connectivity index (χ0v) is 15.1. The Bertz CT molecular complexity index is 891. The monoisotopic (exact) mass is 351 g/mol. The molecule has 1 saturated heterocycles. The van der Waals surface area contributed by atoms with Crippen molar-refractivity contribution >= 4 is 11.0 Å². The van der Waals surface area contributed by atoms with Gasteiger partial charge in [-0.2, -0.15) is 5.10 Å². The molecule has 4 rings (SSSR count). The molecule has 1 fully saturated rings. The van der Waals surface area contributed by atoms with E-state index >= 15 is 0 Å². The van der Waals surface area contributed by atoms with Gasteiger partial charge in [0.25, 0.3) is 0 Å². The zero-order chi connectivity index (χ0) is 17.9. The van der Waals surface area contributed by atoms with Gasteiger partial charge in [-0.1, -0.05) is 12.1 Å². The summed E-state index contributed by atoms with van der Waals surface area (Å²) in [6, 6.07) is 12.4. The summed E-state index contributed by atoms with van der Waals surface area (Å²) >= 11 is 0. The number of ether oxygens (including phenoxy) is 1. The van der Waals surface area contributed by atoms with E-state index in [1.807, 2.05) is 23.0 Å². The van der Waals surface area contributed by atoms with Crippen molar-refractivity contribution in [1.82, 2.24) is 19.7 Å². The average Bonchev–Trinajstić information content (AvgIpc) is 3.27. The SMILES string of the molecule is COc1cccc(CN2CC[C@H](c3nn(CCN)c4ncccc34)C2)c1. The molecular weight excluding hydrogens is 326 g/mol. The van der Waals surface area contributed by atoms with Crippen molar-refractivity contribution in [3.8, 4) is 5.75 Å². The number of likely N-dealkylation sites (tertiary alicyclic amines) is 1. The van der Waals surface area contributed by atoms with Crippen molar-refractivity contribution in [1.29, 1.82) is 0 Å². The molecule has 0 unspecified atom stereocenters. The van der Waals surface area contributed by atoms with E-state index < -0.39 is 0 Å². The van der Waals surface area contributed by atoms with Crippen LogP contribution in [0, 0.1) is 0 Å². The lowest BCUT2D eigenvalue weighted by Crippen LogP contribution is -2.20. The van der Waals surface area contributed by atoms with Crippen LogP contribution in [-0.4, -0.2) is 46.4 Å². The van der Waals surface area contributed by atoms with Crippen LogP contribution in [0.25, 0.3) is 11.0 Å². The molecular formula is C20H25N5O. The van der Waals surface area contributed by atoms with E-state index in [-0.39, 0.29) is 0 Å². The standard InChI is InChI=1S/C20H25N5O/c1-26-17-5-2-4-15(12-17)13-24-10-7-16(14-24)19-18-6-3-9-22-20(18)25(23-19)11-8-21/h2-6,9,12,16H,7-8,10-11,13-14,21H2,1H3/t16-/m0/s1. The maximum Gasteiger partial charge on any atom is 0.158 e. The second-order valence-corrected chi connectivity index (χ2v) is 6.84. The lowest BCUT2D eigenvalue weighted by atomic mass is 10.0. The molecule has 0 aliphatic carbocycles. The molecule has 0 amide bonds. The van der Waals surface area contributed by atoms with Gasteiger partial charge < -0.3 is 10.5 Å². The molecule has 3 heterocycles. The maximum atomic E-state index is 5.74. The summed E-state index contributed by atoms with van der Waals surface area (Å²) in [5, 5.41) is 6.02. The minimum absolute atomic E-state index is 0.436. The van der Waals surface area contributed by atoms with Crippen molar-refractivity contribution in [2.75, 3.05) is 26.7 Å². The normalized spacial score (nSPS) is 17.8. The van der Waals surface area contributed by atoms with Gasteiger partial charge in [-0.05, 0) is 42.8 Å². The van der Waals surface area contributed by atoms with Crippen LogP contribution in [0.1, 0.15) is 23.6 Å². The number of methoxy groups -OCH3 is 1. The van der Waals surface area contributed by atoms with Gasteiger partial charge in [0.2, 0.25) is 0 Å². The van der Waals surface area contributed by atoms with Gasteiger partial charge in [0.05, 0.1) is 19.3 Å². The van der Waals surface area contributed by atoms with Crippen molar-refractivity contribution in [2.24, 2.45) is 5.73 Å². The Hall–Kier alpha value is -2.44. The molecule has 0 radical (unpaired) electrons. The molecule has 26 heavy (non-hydrogen) atoms. The van der Waals surface area contributed by atoms with Gasteiger partial charge in [0.1, 0.15) is 5.75 Å². The average molecular weight is 351 g/mol. The van der Waals surface area contributed by atoms with E-state index in [4.69, 9.17) is 15.6 Å². The summed E-state index contributed by atoms with van der Waals surface area (Å²) in [6.07, 6.45) is 2.94. The largest absolute Gasteiger partial charge is 0.497 e. The molecule has 1 aliphatic rings. The van der Waals surface area contributed by atoms with E-state index in [1.54, 1.807) is 7.11 Å². The summed E-state index contributed by atoms with van der Waals surface area (Å²) in [4.78, 5) is 7.00. The number of aromatic nitrogens is 3. The molecule has 136 valence electrons. The predicted molar refractivity (Wildman–Crippen MR) is 102 cm³/mol. The quantitative estimate of drug-likeness (QED) is 0.738. The number of hydrogen-bond donors (Lipinski definition) is 1. The molecule has 2 N–H and O–H groups in total. The summed E-state index contributed by atoms with van der Waals surface area (Å²) in [7, 11) is 1.71. The summed E-state index contributed by atoms with van der Waals surface area (Å²) in [6.45, 7) is 4.30. The second kappa shape index (κ2) is 7.43. The van der Waals surface area contributed by atoms with Gasteiger partial charge in [0.15, 0.2) is 5.65 Å². The van der Waals surface area contributed by atoms with Crippen molar-refractivity contribution in [2.45, 2.75) is 25.4 Å². The first-order valence-electron chi connectivity index (χ1n) is 9.15. The van der Waals surface area contributed by atoms with Gasteiger partial charge in [0, 0.05) is 37.1 Å². The van der Waals surface area contributed by atoms with Gasteiger partial charge in [-0.25, -0.2) is 9.67 Å². The van der Waals surface area contributed by atoms with E-state index in [9.17, 15) is 0 Å². The molecule has 3 aromatic rings. The fraction of sp³-hybridized carbons (Fsp3) is 0.400. The lowest BCUT2D eigenvalue weighted by molar-refractivity contribution is 0.325. The van der Waals surface area contributed by atoms with Crippen molar-refractivity contribution < 1.29 is 4.74 Å². The van der Waals surface area contributed by atoms with Crippen LogP contribution in [0.4, 0.5) is 0 Å². The Labute approximate surface area is 153 Å². The Kier molecular flexibility index (Phi) is 4.86. The van der Waals surface area contributed by atoms with Crippen LogP contribution in [0.5, 0.6) is 5.75 Å². The predicted octanol–water partition coefficient (Wildman–Crippen LogP) is 2.39. The highest BCUT2D eigenvalue weighted by molar-refractivity contribution is 5.78. The lowest BCUT2D eigenvalue weighted by Gasteiger charge is -2.16. The van der Waals surface area contributed by atoms with Crippen LogP contribution in [0.3, 0.4) is 0 Å². The van der Waals surface area contributed by atoms with Crippen LogP contribution in [0.15, 0.2) is 42.6 Å². The number of pyridine rings is 1. The summed E-state index contributed by atoms with van der Waals surface area (Å²) in [5.41, 5.74) is 9.13. The van der Waals surface area contributed by atoms with Crippen LogP contribution < -0.4 is 10.5 Å². The number of benzene rings is 1. The highest BCUT2D eigenvalue weighted by atomic mass is 16.5. The van der Waals surface area contributed by atoms with Gasteiger partial charge >= 0.3 is 0 Å². The smallest absolute Gasteiger partial charge is 0.158 e. The Morgan fingerprint density at radius 3 is 3.04 bits per heavy atom. The molecule has 0 saturated carbocycles. The third-order valence-electron chi connectivity index (χ3n) is 5.08. The third-order valence-corrected chi connectivity index (χ3v) is 5.08. The van der Waals surface area contributed by atoms with Crippen molar-refractivity contribution in [3.63, 3.8) is 0 Å². The Morgan fingerprint density at radius 1 is 1.27 bits per heavy atom. The molecule has 0 spiro atoms. The van der Waals surface area contributed by atoms with Gasteiger partial charge in [-0.15, -0.1) is 0 Å². The Balaban J connectivity index is 1.52. The van der Waals surface area contributed by atoms with E-state index in [2.05, 4.69) is 34.1 Å². The summed E-state index contributed by atoms with van der Waals surface area (Å²) in [5.74, 6) is 1.35. The third kappa shape index (κ3) is 3.30. The molecule has 2 aromatic heterocycles. The molecule has 1 atom stereocenters. The van der Waals surface area contributed by atoms with Gasteiger partial charge in [-0.3, -0.25) is 4.90 Å². The highest BCUT2D eigenvalue weighted by Gasteiger charge is 2.28. The molecule has 6 heteroatoms. The first kappa shape index (κ1) is 17.0. The number of nitrogens with two attached hydrogens (primary N) is 1. The molecule has 1 aliphatic heterocycles. The molecule has 1 aromatic carbocycles. The minimum atomic E-state index is 0.436.